The molecule has 112 valence electrons. The summed E-state index contributed by atoms with van der Waals surface area (Å²) >= 11 is 0. The van der Waals surface area contributed by atoms with Gasteiger partial charge in [-0.25, -0.2) is 4.98 Å². The van der Waals surface area contributed by atoms with Crippen molar-refractivity contribution in [2.45, 2.75) is 25.2 Å². The van der Waals surface area contributed by atoms with Gasteiger partial charge in [0.15, 0.2) is 11.4 Å². The van der Waals surface area contributed by atoms with Gasteiger partial charge in [-0.15, -0.1) is 0 Å². The second-order valence-electron chi connectivity index (χ2n) is 5.72. The summed E-state index contributed by atoms with van der Waals surface area (Å²) in [5, 5.41) is 0. The zero-order valence-electron chi connectivity index (χ0n) is 11.9. The van der Waals surface area contributed by atoms with E-state index in [1.54, 1.807) is 0 Å². The Balaban J connectivity index is 1.43. The number of nitrogens with zero attached hydrogens (tertiary/aromatic N) is 2. The standard InChI is InChI=1S/C15H19N3O3/c16-11-1-2-13-12(9-11)17-14(21-13)10-18-5-3-15(4-6-18)19-7-8-20-15/h1-2,9H,3-8,10,16H2. The van der Waals surface area contributed by atoms with Crippen LogP contribution in [0.5, 0.6) is 0 Å². The Labute approximate surface area is 122 Å². The van der Waals surface area contributed by atoms with E-state index >= 15 is 0 Å². The first-order valence-electron chi connectivity index (χ1n) is 7.38. The average molecular weight is 289 g/mol. The number of nitrogen functional groups attached to an aromatic ring is 1. The van der Waals surface area contributed by atoms with Crippen LogP contribution in [0.1, 0.15) is 18.7 Å². The number of nitrogens with two attached hydrogens (primary N) is 1. The van der Waals surface area contributed by atoms with Gasteiger partial charge in [-0.3, -0.25) is 4.90 Å². The number of hydrogen-bond acceptors (Lipinski definition) is 6. The summed E-state index contributed by atoms with van der Waals surface area (Å²) in [5.41, 5.74) is 8.08. The maximum absolute atomic E-state index is 5.77. The molecule has 0 amide bonds. The van der Waals surface area contributed by atoms with Crippen LogP contribution in [-0.2, 0) is 16.0 Å². The summed E-state index contributed by atoms with van der Waals surface area (Å²) in [5.74, 6) is 0.409. The molecular formula is C15H19N3O3. The molecular weight excluding hydrogens is 270 g/mol. The first-order valence-corrected chi connectivity index (χ1v) is 7.38. The molecule has 6 heteroatoms. The Morgan fingerprint density at radius 3 is 2.71 bits per heavy atom. The Morgan fingerprint density at radius 1 is 1.19 bits per heavy atom. The minimum atomic E-state index is -0.327. The number of rotatable bonds is 2. The van der Waals surface area contributed by atoms with Gasteiger partial charge in [0.2, 0.25) is 5.89 Å². The van der Waals surface area contributed by atoms with Gasteiger partial charge in [-0.1, -0.05) is 0 Å². The number of hydrogen-bond donors (Lipinski definition) is 1. The van der Waals surface area contributed by atoms with Crippen LogP contribution in [0.15, 0.2) is 22.6 Å². The van der Waals surface area contributed by atoms with Crippen molar-refractivity contribution in [1.82, 2.24) is 9.88 Å². The molecule has 2 saturated heterocycles. The number of anilines is 1. The van der Waals surface area contributed by atoms with E-state index in [-0.39, 0.29) is 5.79 Å². The van der Waals surface area contributed by atoms with Gasteiger partial charge in [0.25, 0.3) is 0 Å². The lowest BCUT2D eigenvalue weighted by Gasteiger charge is -2.36. The molecule has 3 heterocycles. The minimum Gasteiger partial charge on any atom is -0.439 e. The van der Waals surface area contributed by atoms with Gasteiger partial charge in [-0.2, -0.15) is 0 Å². The summed E-state index contributed by atoms with van der Waals surface area (Å²) in [6.07, 6.45) is 1.81. The molecule has 0 unspecified atom stereocenters. The molecule has 1 aromatic carbocycles. The van der Waals surface area contributed by atoms with E-state index in [1.165, 1.54) is 0 Å². The van der Waals surface area contributed by atoms with Crippen LogP contribution in [-0.4, -0.2) is 42.0 Å². The number of likely N-dealkylation sites (tertiary alicyclic amines) is 1. The summed E-state index contributed by atoms with van der Waals surface area (Å²) in [4.78, 5) is 6.83. The van der Waals surface area contributed by atoms with Crippen molar-refractivity contribution in [3.63, 3.8) is 0 Å². The number of benzene rings is 1. The molecule has 0 radical (unpaired) electrons. The van der Waals surface area contributed by atoms with Crippen LogP contribution in [0.4, 0.5) is 5.69 Å². The highest BCUT2D eigenvalue weighted by Crippen LogP contribution is 2.31. The summed E-state index contributed by atoms with van der Waals surface area (Å²) in [6.45, 7) is 4.01. The zero-order valence-corrected chi connectivity index (χ0v) is 11.9. The third kappa shape index (κ3) is 2.50. The predicted molar refractivity (Wildman–Crippen MR) is 77.6 cm³/mol. The fraction of sp³-hybridized carbons (Fsp3) is 0.533. The Hall–Kier alpha value is -1.63. The van der Waals surface area contributed by atoms with Gasteiger partial charge in [0.1, 0.15) is 5.52 Å². The molecule has 2 fully saturated rings. The van der Waals surface area contributed by atoms with Crippen LogP contribution >= 0.6 is 0 Å². The smallest absolute Gasteiger partial charge is 0.209 e. The Kier molecular flexibility index (Phi) is 3.10. The first kappa shape index (κ1) is 13.1. The van der Waals surface area contributed by atoms with E-state index in [0.717, 1.165) is 42.9 Å². The molecule has 2 aromatic rings. The predicted octanol–water partition coefficient (Wildman–Crippen LogP) is 1.75. The second kappa shape index (κ2) is 4.98. The molecule has 2 aliphatic rings. The molecule has 1 aromatic heterocycles. The van der Waals surface area contributed by atoms with Crippen molar-refractivity contribution in [1.29, 1.82) is 0 Å². The van der Waals surface area contributed by atoms with Gasteiger partial charge >= 0.3 is 0 Å². The lowest BCUT2D eigenvalue weighted by Crippen LogP contribution is -2.44. The van der Waals surface area contributed by atoms with E-state index in [9.17, 15) is 0 Å². The zero-order chi connectivity index (χ0) is 14.3. The summed E-state index contributed by atoms with van der Waals surface area (Å²) < 4.78 is 17.3. The number of ether oxygens (including phenoxy) is 2. The largest absolute Gasteiger partial charge is 0.439 e. The van der Waals surface area contributed by atoms with Crippen molar-refractivity contribution < 1.29 is 13.9 Å². The summed E-state index contributed by atoms with van der Waals surface area (Å²) in [6, 6.07) is 5.54. The quantitative estimate of drug-likeness (QED) is 0.849. The number of fused-ring (bicyclic) bond motifs is 1. The maximum atomic E-state index is 5.77. The lowest BCUT2D eigenvalue weighted by molar-refractivity contribution is -0.186. The highest BCUT2D eigenvalue weighted by atomic mass is 16.7. The average Bonchev–Trinajstić information content (AvgIpc) is 3.08. The number of oxazole rings is 1. The minimum absolute atomic E-state index is 0.327. The molecule has 0 atom stereocenters. The Bertz CT molecular complexity index is 639. The molecule has 21 heavy (non-hydrogen) atoms. The maximum Gasteiger partial charge on any atom is 0.209 e. The fourth-order valence-corrected chi connectivity index (χ4v) is 3.09. The van der Waals surface area contributed by atoms with Crippen LogP contribution in [0.25, 0.3) is 11.1 Å². The molecule has 2 aliphatic heterocycles. The number of piperidine rings is 1. The van der Waals surface area contributed by atoms with Crippen molar-refractivity contribution in [3.8, 4) is 0 Å². The molecule has 2 N–H and O–H groups in total. The molecule has 6 nitrogen and oxygen atoms in total. The van der Waals surface area contributed by atoms with Crippen LogP contribution < -0.4 is 5.73 Å². The molecule has 0 aliphatic carbocycles. The third-order valence-corrected chi connectivity index (χ3v) is 4.25. The highest BCUT2D eigenvalue weighted by Gasteiger charge is 2.39. The Morgan fingerprint density at radius 2 is 1.95 bits per heavy atom. The van der Waals surface area contributed by atoms with Gasteiger partial charge in [0, 0.05) is 31.6 Å². The SMILES string of the molecule is Nc1ccc2oc(CN3CCC4(CC3)OCCO4)nc2c1. The molecule has 0 bridgehead atoms. The van der Waals surface area contributed by atoms with E-state index in [4.69, 9.17) is 19.6 Å². The lowest BCUT2D eigenvalue weighted by atomic mass is 10.0. The van der Waals surface area contributed by atoms with Gasteiger partial charge in [-0.05, 0) is 18.2 Å². The van der Waals surface area contributed by atoms with Gasteiger partial charge in [0.05, 0.1) is 19.8 Å². The molecule has 4 rings (SSSR count). The molecule has 1 spiro atoms. The van der Waals surface area contributed by atoms with Crippen molar-refractivity contribution >= 4 is 16.8 Å². The first-order chi connectivity index (χ1) is 10.2. The molecule has 0 saturated carbocycles. The van der Waals surface area contributed by atoms with E-state index in [0.29, 0.717) is 25.4 Å². The monoisotopic (exact) mass is 289 g/mol. The van der Waals surface area contributed by atoms with Crippen LogP contribution in [0.2, 0.25) is 0 Å². The van der Waals surface area contributed by atoms with Crippen LogP contribution in [0.3, 0.4) is 0 Å². The van der Waals surface area contributed by atoms with Crippen molar-refractivity contribution in [2.75, 3.05) is 32.0 Å². The van der Waals surface area contributed by atoms with Crippen molar-refractivity contribution in [2.24, 2.45) is 0 Å². The van der Waals surface area contributed by atoms with E-state index in [2.05, 4.69) is 9.88 Å². The summed E-state index contributed by atoms with van der Waals surface area (Å²) in [7, 11) is 0. The van der Waals surface area contributed by atoms with E-state index in [1.807, 2.05) is 18.2 Å². The second-order valence-corrected chi connectivity index (χ2v) is 5.72. The van der Waals surface area contributed by atoms with Crippen LogP contribution in [0, 0.1) is 0 Å². The van der Waals surface area contributed by atoms with E-state index < -0.39 is 0 Å². The number of aromatic nitrogens is 1. The normalized spacial score (nSPS) is 22.3. The highest BCUT2D eigenvalue weighted by molar-refractivity contribution is 5.76. The third-order valence-electron chi connectivity index (χ3n) is 4.25. The fourth-order valence-electron chi connectivity index (χ4n) is 3.09. The topological polar surface area (TPSA) is 73.8 Å². The van der Waals surface area contributed by atoms with Crippen molar-refractivity contribution in [3.05, 3.63) is 24.1 Å². The van der Waals surface area contributed by atoms with Gasteiger partial charge < -0.3 is 19.6 Å².